The molecule has 1 saturated heterocycles. The van der Waals surface area contributed by atoms with Gasteiger partial charge in [-0.25, -0.2) is 9.67 Å². The average molecular weight is 355 g/mol. The fraction of sp³-hybridized carbons (Fsp3) is 0.429. The molecule has 3 heterocycles. The van der Waals surface area contributed by atoms with Gasteiger partial charge >= 0.3 is 7.12 Å². The van der Waals surface area contributed by atoms with Gasteiger partial charge in [0, 0.05) is 17.8 Å². The first-order valence-corrected chi connectivity index (χ1v) is 7.22. The molecule has 21 heavy (non-hydrogen) atoms. The zero-order valence-corrected chi connectivity index (χ0v) is 13.7. The van der Waals surface area contributed by atoms with Crippen LogP contribution in [0.5, 0.6) is 0 Å². The summed E-state index contributed by atoms with van der Waals surface area (Å²) >= 11 is 3.11. The number of aromatic nitrogens is 3. The molecule has 0 saturated carbocycles. The molecule has 2 aromatic heterocycles. The van der Waals surface area contributed by atoms with Gasteiger partial charge in [-0.05, 0) is 49.7 Å². The van der Waals surface area contributed by atoms with Crippen molar-refractivity contribution in [2.24, 2.45) is 0 Å². The topological polar surface area (TPSA) is 49.2 Å². The molecule has 5 nitrogen and oxygen atoms in total. The SMILES string of the molecule is [2H]c1nc(-n2nc([2H])c(Br)c2[2H])c(B2OC(C)(C)C(C)(C)O2)c([2H])c1[2H]. The minimum atomic E-state index is -1.02. The van der Waals surface area contributed by atoms with Crippen molar-refractivity contribution < 1.29 is 16.2 Å². The lowest BCUT2D eigenvalue weighted by atomic mass is 9.79. The van der Waals surface area contributed by atoms with Crippen LogP contribution in [0.1, 0.15) is 34.5 Å². The van der Waals surface area contributed by atoms with Crippen molar-refractivity contribution >= 4 is 28.5 Å². The highest BCUT2D eigenvalue weighted by Gasteiger charge is 2.52. The van der Waals surface area contributed by atoms with Crippen LogP contribution in [0.4, 0.5) is 0 Å². The van der Waals surface area contributed by atoms with Crippen LogP contribution in [0.25, 0.3) is 5.82 Å². The largest absolute Gasteiger partial charge is 0.498 e. The maximum Gasteiger partial charge on any atom is 0.498 e. The quantitative estimate of drug-likeness (QED) is 0.776. The summed E-state index contributed by atoms with van der Waals surface area (Å²) in [6.07, 6.45) is -0.760. The fourth-order valence-corrected chi connectivity index (χ4v) is 2.16. The zero-order valence-electron chi connectivity index (χ0n) is 17.1. The van der Waals surface area contributed by atoms with E-state index in [2.05, 4.69) is 26.0 Å². The normalized spacial score (nSPS) is 23.3. The molecule has 0 atom stereocenters. The molecule has 1 fully saturated rings. The number of hydrogen-bond acceptors (Lipinski definition) is 4. The van der Waals surface area contributed by atoms with Gasteiger partial charge in [-0.2, -0.15) is 5.10 Å². The van der Waals surface area contributed by atoms with Crippen molar-refractivity contribution in [1.82, 2.24) is 14.8 Å². The maximum atomic E-state index is 8.31. The van der Waals surface area contributed by atoms with Crippen molar-refractivity contribution in [3.63, 3.8) is 0 Å². The fourth-order valence-electron chi connectivity index (χ4n) is 1.92. The van der Waals surface area contributed by atoms with E-state index in [4.69, 9.17) is 16.2 Å². The van der Waals surface area contributed by atoms with E-state index in [1.807, 2.05) is 27.7 Å². The van der Waals surface area contributed by atoms with Gasteiger partial charge in [-0.1, -0.05) is 6.04 Å². The standard InChI is InChI=1S/C14H17BBrN3O2/c1-13(2)14(3,4)21-15(20-13)11-6-5-7-17-12(11)19-9-10(16)8-18-19/h5-9H,1-4H3/i5D,6D,7D,8D,9D. The van der Waals surface area contributed by atoms with Crippen LogP contribution in [0.15, 0.2) is 35.1 Å². The van der Waals surface area contributed by atoms with Crippen LogP contribution >= 0.6 is 15.9 Å². The first-order chi connectivity index (χ1) is 11.9. The van der Waals surface area contributed by atoms with Crippen molar-refractivity contribution in [1.29, 1.82) is 0 Å². The Hall–Kier alpha value is -1.18. The summed E-state index contributed by atoms with van der Waals surface area (Å²) in [5, 5.41) is 3.94. The second kappa shape index (κ2) is 4.93. The molecule has 7 heteroatoms. The molecule has 0 unspecified atom stereocenters. The molecule has 1 aliphatic rings. The number of nitrogens with zero attached hydrogens (tertiary/aromatic N) is 3. The van der Waals surface area contributed by atoms with E-state index in [9.17, 15) is 0 Å². The van der Waals surface area contributed by atoms with Gasteiger partial charge < -0.3 is 9.31 Å². The van der Waals surface area contributed by atoms with Crippen molar-refractivity contribution in [2.75, 3.05) is 0 Å². The van der Waals surface area contributed by atoms with E-state index >= 15 is 0 Å². The smallest absolute Gasteiger partial charge is 0.399 e. The second-order valence-electron chi connectivity index (χ2n) is 5.75. The Morgan fingerprint density at radius 2 is 1.95 bits per heavy atom. The summed E-state index contributed by atoms with van der Waals surface area (Å²) in [6, 6.07) is -0.654. The summed E-state index contributed by atoms with van der Waals surface area (Å²) in [5.41, 5.74) is -1.26. The third kappa shape index (κ3) is 2.54. The Morgan fingerprint density at radius 1 is 1.29 bits per heavy atom. The number of rotatable bonds is 2. The van der Waals surface area contributed by atoms with Gasteiger partial charge in [0.05, 0.1) is 28.7 Å². The Balaban J connectivity index is 2.26. The van der Waals surface area contributed by atoms with Crippen LogP contribution in [0, 0.1) is 0 Å². The van der Waals surface area contributed by atoms with E-state index in [0.717, 1.165) is 4.68 Å². The highest BCUT2D eigenvalue weighted by molar-refractivity contribution is 9.10. The predicted molar refractivity (Wildman–Crippen MR) is 84.8 cm³/mol. The molecule has 1 aliphatic heterocycles. The molecule has 0 N–H and O–H groups in total. The highest BCUT2D eigenvalue weighted by Crippen LogP contribution is 2.36. The average Bonchev–Trinajstić information content (AvgIpc) is 2.90. The lowest BCUT2D eigenvalue weighted by molar-refractivity contribution is 0.00578. The predicted octanol–water partition coefficient (Wildman–Crippen LogP) is 2.33. The molecule has 0 bridgehead atoms. The van der Waals surface area contributed by atoms with Crippen molar-refractivity contribution in [3.05, 3.63) is 35.1 Å². The van der Waals surface area contributed by atoms with Crippen LogP contribution in [0.2, 0.25) is 0 Å². The van der Waals surface area contributed by atoms with Gasteiger partial charge in [-0.3, -0.25) is 0 Å². The van der Waals surface area contributed by atoms with Crippen LogP contribution in [-0.2, 0) is 9.31 Å². The summed E-state index contributed by atoms with van der Waals surface area (Å²) < 4.78 is 53.1. The Bertz CT molecular complexity index is 889. The van der Waals surface area contributed by atoms with E-state index < -0.39 is 24.5 Å². The second-order valence-corrected chi connectivity index (χ2v) is 6.54. The minimum absolute atomic E-state index is 0.0290. The number of hydrogen-bond donors (Lipinski definition) is 0. The molecule has 0 aromatic carbocycles. The lowest BCUT2D eigenvalue weighted by Crippen LogP contribution is -2.41. The molecule has 0 aliphatic carbocycles. The van der Waals surface area contributed by atoms with Crippen LogP contribution in [0.3, 0.4) is 0 Å². The summed E-state index contributed by atoms with van der Waals surface area (Å²) in [5.74, 6) is -0.0290. The van der Waals surface area contributed by atoms with Crippen molar-refractivity contribution in [2.45, 2.75) is 38.9 Å². The molecule has 2 aromatic rings. The monoisotopic (exact) mass is 354 g/mol. The molecular formula is C14H17BBrN3O2. The Kier molecular flexibility index (Phi) is 2.29. The molecule has 0 amide bonds. The van der Waals surface area contributed by atoms with Gasteiger partial charge in [0.25, 0.3) is 0 Å². The zero-order chi connectivity index (χ0) is 19.6. The van der Waals surface area contributed by atoms with Crippen molar-refractivity contribution in [3.8, 4) is 5.82 Å². The number of halogens is 1. The molecule has 110 valence electrons. The summed E-state index contributed by atoms with van der Waals surface area (Å²) in [7, 11) is -1.02. The third-order valence-corrected chi connectivity index (χ3v) is 4.15. The number of pyridine rings is 1. The van der Waals surface area contributed by atoms with E-state index in [1.54, 1.807) is 0 Å². The van der Waals surface area contributed by atoms with Crippen LogP contribution < -0.4 is 5.46 Å². The highest BCUT2D eigenvalue weighted by atomic mass is 79.9. The third-order valence-electron chi connectivity index (χ3n) is 3.80. The Morgan fingerprint density at radius 3 is 2.52 bits per heavy atom. The molecule has 0 radical (unpaired) electrons. The summed E-state index contributed by atoms with van der Waals surface area (Å²) in [6.45, 7) is 7.41. The summed E-state index contributed by atoms with van der Waals surface area (Å²) in [4.78, 5) is 4.03. The van der Waals surface area contributed by atoms with Crippen LogP contribution in [-0.4, -0.2) is 33.1 Å². The molecule has 3 rings (SSSR count). The van der Waals surface area contributed by atoms with Gasteiger partial charge in [0.1, 0.15) is 0 Å². The maximum absolute atomic E-state index is 8.31. The first kappa shape index (κ1) is 9.76. The Labute approximate surface area is 140 Å². The molecule has 0 spiro atoms. The van der Waals surface area contributed by atoms with Gasteiger partial charge in [-0.15, -0.1) is 0 Å². The van der Waals surface area contributed by atoms with E-state index in [-0.39, 0.29) is 40.2 Å². The van der Waals surface area contributed by atoms with Gasteiger partial charge in [0.2, 0.25) is 0 Å². The van der Waals surface area contributed by atoms with Gasteiger partial charge in [0.15, 0.2) is 5.82 Å². The minimum Gasteiger partial charge on any atom is -0.399 e. The lowest BCUT2D eigenvalue weighted by Gasteiger charge is -2.32. The van der Waals surface area contributed by atoms with E-state index in [1.165, 1.54) is 0 Å². The first-order valence-electron chi connectivity index (χ1n) is 8.93. The molecular weight excluding hydrogens is 333 g/mol. The van der Waals surface area contributed by atoms with E-state index in [0.29, 0.717) is 0 Å².